The Morgan fingerprint density at radius 2 is 1.82 bits per heavy atom. The molecule has 0 unspecified atom stereocenters. The second-order valence-corrected chi connectivity index (χ2v) is 12.7. The molecule has 0 spiro atoms. The van der Waals surface area contributed by atoms with E-state index in [9.17, 15) is 13.2 Å². The summed E-state index contributed by atoms with van der Waals surface area (Å²) < 4.78 is 34.7. The largest absolute Gasteiger partial charge is 0.379 e. The van der Waals surface area contributed by atoms with Gasteiger partial charge in [0.15, 0.2) is 5.65 Å². The number of benzene rings is 2. The van der Waals surface area contributed by atoms with Crippen LogP contribution in [0.1, 0.15) is 42.4 Å². The van der Waals surface area contributed by atoms with E-state index in [2.05, 4.69) is 9.71 Å². The average Bonchev–Trinajstić information content (AvgIpc) is 3.25. The van der Waals surface area contributed by atoms with Crippen molar-refractivity contribution in [2.45, 2.75) is 33.1 Å². The van der Waals surface area contributed by atoms with Crippen LogP contribution in [0.25, 0.3) is 16.7 Å². The molecule has 3 heterocycles. The lowest BCUT2D eigenvalue weighted by Gasteiger charge is -2.26. The van der Waals surface area contributed by atoms with Gasteiger partial charge in [0.05, 0.1) is 29.6 Å². The SMILES string of the molecule is Cc1cc(Cl)cc(Cl)c1-n1nc(C(C)C)c2c(=O)[nH]c(Cc3ccc(NS(=O)(=O)CN4CCOCC4)cc3)nc21. The Hall–Kier alpha value is -2.96. The second kappa shape index (κ2) is 11.5. The number of hydrogen-bond donors (Lipinski definition) is 2. The van der Waals surface area contributed by atoms with E-state index in [-0.39, 0.29) is 17.4 Å². The number of morpholine rings is 1. The number of nitrogens with zero attached hydrogens (tertiary/aromatic N) is 4. The zero-order valence-electron chi connectivity index (χ0n) is 22.4. The van der Waals surface area contributed by atoms with Gasteiger partial charge in [-0.3, -0.25) is 14.4 Å². The van der Waals surface area contributed by atoms with Crippen molar-refractivity contribution in [1.29, 1.82) is 0 Å². The molecule has 1 aliphatic heterocycles. The maximum Gasteiger partial charge on any atom is 0.262 e. The smallest absolute Gasteiger partial charge is 0.262 e. The topological polar surface area (TPSA) is 122 Å². The maximum atomic E-state index is 13.3. The monoisotopic (exact) mass is 604 g/mol. The Morgan fingerprint density at radius 1 is 1.12 bits per heavy atom. The lowest BCUT2D eigenvalue weighted by molar-refractivity contribution is 0.0465. The Morgan fingerprint density at radius 3 is 2.48 bits per heavy atom. The molecule has 10 nitrogen and oxygen atoms in total. The van der Waals surface area contributed by atoms with E-state index in [1.54, 1.807) is 41.1 Å². The third-order valence-electron chi connectivity index (χ3n) is 6.65. The van der Waals surface area contributed by atoms with Gasteiger partial charge in [-0.05, 0) is 48.2 Å². The fourth-order valence-electron chi connectivity index (χ4n) is 4.77. The number of anilines is 1. The minimum atomic E-state index is -3.55. The molecule has 1 aliphatic rings. The number of sulfonamides is 1. The van der Waals surface area contributed by atoms with Crippen LogP contribution in [-0.2, 0) is 21.2 Å². The molecule has 4 aromatic rings. The number of aryl methyl sites for hydroxylation is 1. The van der Waals surface area contributed by atoms with E-state index >= 15 is 0 Å². The molecular formula is C27H30Cl2N6O4S. The normalized spacial score (nSPS) is 14.8. The molecule has 2 aromatic carbocycles. The molecule has 0 saturated carbocycles. The van der Waals surface area contributed by atoms with Crippen LogP contribution in [0.5, 0.6) is 0 Å². The van der Waals surface area contributed by atoms with Crippen LogP contribution >= 0.6 is 23.2 Å². The maximum absolute atomic E-state index is 13.3. The van der Waals surface area contributed by atoms with Crippen LogP contribution in [-0.4, -0.2) is 65.2 Å². The lowest BCUT2D eigenvalue weighted by Crippen LogP contribution is -2.41. The van der Waals surface area contributed by atoms with Crippen molar-refractivity contribution in [2.75, 3.05) is 36.9 Å². The fourth-order valence-corrected chi connectivity index (χ4v) is 6.74. The zero-order chi connectivity index (χ0) is 28.6. The van der Waals surface area contributed by atoms with Gasteiger partial charge in [-0.25, -0.2) is 18.1 Å². The number of halogens is 2. The van der Waals surface area contributed by atoms with Gasteiger partial charge in [-0.1, -0.05) is 49.2 Å². The van der Waals surface area contributed by atoms with Gasteiger partial charge < -0.3 is 9.72 Å². The summed E-state index contributed by atoms with van der Waals surface area (Å²) in [6, 6.07) is 10.4. The van der Waals surface area contributed by atoms with Gasteiger partial charge in [0, 0.05) is 30.2 Å². The molecule has 0 atom stereocenters. The Bertz CT molecular complexity index is 1690. The number of ether oxygens (including phenoxy) is 1. The van der Waals surface area contributed by atoms with E-state index in [0.29, 0.717) is 76.7 Å². The minimum absolute atomic E-state index is 0.0246. The quantitative estimate of drug-likeness (QED) is 0.304. The van der Waals surface area contributed by atoms with E-state index in [1.165, 1.54) is 0 Å². The van der Waals surface area contributed by atoms with Crippen LogP contribution in [0.2, 0.25) is 10.0 Å². The van der Waals surface area contributed by atoms with Crippen LogP contribution in [0.3, 0.4) is 0 Å². The van der Waals surface area contributed by atoms with Crippen LogP contribution in [0.15, 0.2) is 41.2 Å². The third kappa shape index (κ3) is 6.18. The van der Waals surface area contributed by atoms with Crippen molar-refractivity contribution < 1.29 is 13.2 Å². The molecule has 0 bridgehead atoms. The highest BCUT2D eigenvalue weighted by atomic mass is 35.5. The molecule has 0 radical (unpaired) electrons. The van der Waals surface area contributed by atoms with Crippen LogP contribution in [0, 0.1) is 6.92 Å². The molecule has 1 fully saturated rings. The summed E-state index contributed by atoms with van der Waals surface area (Å²) in [6.07, 6.45) is 0.321. The summed E-state index contributed by atoms with van der Waals surface area (Å²) in [5.41, 5.74) is 3.45. The van der Waals surface area contributed by atoms with Crippen molar-refractivity contribution in [3.05, 3.63) is 79.4 Å². The first-order chi connectivity index (χ1) is 19.0. The number of aromatic nitrogens is 4. The molecule has 40 heavy (non-hydrogen) atoms. The van der Waals surface area contributed by atoms with E-state index in [0.717, 1.165) is 11.1 Å². The summed E-state index contributed by atoms with van der Waals surface area (Å²) in [5.74, 6) is 0.327. The van der Waals surface area contributed by atoms with Gasteiger partial charge in [0.25, 0.3) is 5.56 Å². The van der Waals surface area contributed by atoms with Crippen molar-refractivity contribution in [2.24, 2.45) is 0 Å². The average molecular weight is 606 g/mol. The summed E-state index contributed by atoms with van der Waals surface area (Å²) in [4.78, 5) is 22.8. The first kappa shape index (κ1) is 28.6. The number of nitrogens with one attached hydrogen (secondary N) is 2. The molecule has 0 aliphatic carbocycles. The van der Waals surface area contributed by atoms with Crippen molar-refractivity contribution in [3.8, 4) is 5.69 Å². The highest BCUT2D eigenvalue weighted by Crippen LogP contribution is 2.32. The van der Waals surface area contributed by atoms with Gasteiger partial charge in [-0.2, -0.15) is 5.10 Å². The van der Waals surface area contributed by atoms with Gasteiger partial charge >= 0.3 is 0 Å². The molecule has 2 N–H and O–H groups in total. The third-order valence-corrected chi connectivity index (χ3v) is 8.40. The van der Waals surface area contributed by atoms with E-state index in [1.807, 2.05) is 25.7 Å². The lowest BCUT2D eigenvalue weighted by atomic mass is 10.1. The van der Waals surface area contributed by atoms with Gasteiger partial charge in [-0.15, -0.1) is 0 Å². The van der Waals surface area contributed by atoms with Crippen LogP contribution < -0.4 is 10.3 Å². The molecule has 2 aromatic heterocycles. The summed E-state index contributed by atoms with van der Waals surface area (Å²) in [7, 11) is -3.55. The predicted octanol–water partition coefficient (Wildman–Crippen LogP) is 4.47. The van der Waals surface area contributed by atoms with Crippen molar-refractivity contribution >= 4 is 49.9 Å². The number of H-pyrrole nitrogens is 1. The molecule has 212 valence electrons. The number of rotatable bonds is 8. The molecule has 1 saturated heterocycles. The standard InChI is InChI=1S/C27H30Cl2N6O4S/c1-16(2)24-23-26(35(32-24)25-17(3)12-19(28)14-21(25)29)30-22(31-27(23)36)13-18-4-6-20(7-5-18)33-40(37,38)15-34-8-10-39-11-9-34/h4-7,12,14,16,33H,8-11,13,15H2,1-3H3,(H,30,31,36). The van der Waals surface area contributed by atoms with Crippen molar-refractivity contribution in [1.82, 2.24) is 24.6 Å². The van der Waals surface area contributed by atoms with E-state index in [4.69, 9.17) is 38.0 Å². The second-order valence-electron chi connectivity index (χ2n) is 10.2. The zero-order valence-corrected chi connectivity index (χ0v) is 24.7. The first-order valence-corrected chi connectivity index (χ1v) is 15.3. The highest BCUT2D eigenvalue weighted by Gasteiger charge is 2.23. The Kier molecular flexibility index (Phi) is 8.21. The summed E-state index contributed by atoms with van der Waals surface area (Å²) >= 11 is 12.8. The molecule has 0 amide bonds. The number of fused-ring (bicyclic) bond motifs is 1. The number of hydrogen-bond acceptors (Lipinski definition) is 7. The fraction of sp³-hybridized carbons (Fsp3) is 0.370. The molecular weight excluding hydrogens is 575 g/mol. The first-order valence-electron chi connectivity index (χ1n) is 12.9. The summed E-state index contributed by atoms with van der Waals surface area (Å²) in [5, 5.41) is 6.06. The molecule has 13 heteroatoms. The van der Waals surface area contributed by atoms with E-state index < -0.39 is 10.0 Å². The van der Waals surface area contributed by atoms with Crippen LogP contribution in [0.4, 0.5) is 5.69 Å². The van der Waals surface area contributed by atoms with Gasteiger partial charge in [0.1, 0.15) is 17.1 Å². The van der Waals surface area contributed by atoms with Crippen molar-refractivity contribution in [3.63, 3.8) is 0 Å². The highest BCUT2D eigenvalue weighted by molar-refractivity contribution is 7.92. The van der Waals surface area contributed by atoms with Gasteiger partial charge in [0.2, 0.25) is 10.0 Å². The summed E-state index contributed by atoms with van der Waals surface area (Å²) in [6.45, 7) is 8.02. The Balaban J connectivity index is 1.43. The Labute approximate surface area is 242 Å². The number of aromatic amines is 1. The molecule has 5 rings (SSSR count). The predicted molar refractivity (Wildman–Crippen MR) is 157 cm³/mol. The minimum Gasteiger partial charge on any atom is -0.379 e.